The zero-order valence-electron chi connectivity index (χ0n) is 10.1. The van der Waals surface area contributed by atoms with Crippen LogP contribution in [0.25, 0.3) is 11.0 Å². The summed E-state index contributed by atoms with van der Waals surface area (Å²) in [5.41, 5.74) is 6.32. The third-order valence-corrected chi connectivity index (χ3v) is 3.54. The lowest BCUT2D eigenvalue weighted by Gasteiger charge is -2.05. The van der Waals surface area contributed by atoms with Crippen molar-refractivity contribution < 1.29 is 4.74 Å². The van der Waals surface area contributed by atoms with Gasteiger partial charge in [0.1, 0.15) is 10.8 Å². The van der Waals surface area contributed by atoms with Crippen molar-refractivity contribution >= 4 is 28.7 Å². The average Bonchev–Trinajstić information content (AvgIpc) is 2.87. The van der Waals surface area contributed by atoms with E-state index in [1.165, 1.54) is 11.8 Å². The van der Waals surface area contributed by atoms with Crippen molar-refractivity contribution in [2.24, 2.45) is 0 Å². The van der Waals surface area contributed by atoms with Crippen molar-refractivity contribution in [3.8, 4) is 5.75 Å². The second-order valence-corrected chi connectivity index (χ2v) is 4.86. The average molecular weight is 273 g/mol. The number of nitrogens with two attached hydrogens (primary N) is 1. The lowest BCUT2D eigenvalue weighted by atomic mass is 10.3. The molecule has 0 amide bonds. The molecule has 3 rings (SSSR count). The Labute approximate surface area is 113 Å². The van der Waals surface area contributed by atoms with Crippen molar-refractivity contribution in [3.05, 3.63) is 30.5 Å². The van der Waals surface area contributed by atoms with E-state index >= 15 is 0 Å². The number of aromatic amines is 1. The standard InChI is InChI=1S/C12H11N5OS/c1-18-7-3-2-4-8(5-7)19-11-9-6-14-17-10(9)15-12(13)16-11/h2-6H,1H3,(H3,13,14,15,16,17). The van der Waals surface area contributed by atoms with Gasteiger partial charge in [0.25, 0.3) is 0 Å². The van der Waals surface area contributed by atoms with Crippen LogP contribution in [0.1, 0.15) is 0 Å². The first kappa shape index (κ1) is 11.8. The molecule has 19 heavy (non-hydrogen) atoms. The van der Waals surface area contributed by atoms with E-state index in [2.05, 4.69) is 20.2 Å². The smallest absolute Gasteiger partial charge is 0.223 e. The van der Waals surface area contributed by atoms with Crippen molar-refractivity contribution in [1.29, 1.82) is 0 Å². The summed E-state index contributed by atoms with van der Waals surface area (Å²) in [6, 6.07) is 7.75. The van der Waals surface area contributed by atoms with Gasteiger partial charge in [-0.2, -0.15) is 10.1 Å². The summed E-state index contributed by atoms with van der Waals surface area (Å²) >= 11 is 1.49. The summed E-state index contributed by atoms with van der Waals surface area (Å²) < 4.78 is 5.20. The summed E-state index contributed by atoms with van der Waals surface area (Å²) in [4.78, 5) is 9.35. The van der Waals surface area contributed by atoms with E-state index in [0.29, 0.717) is 5.65 Å². The number of H-pyrrole nitrogens is 1. The number of benzene rings is 1. The number of hydrogen-bond donors (Lipinski definition) is 2. The minimum atomic E-state index is 0.224. The number of rotatable bonds is 3. The summed E-state index contributed by atoms with van der Waals surface area (Å²) in [6.45, 7) is 0. The summed E-state index contributed by atoms with van der Waals surface area (Å²) in [5, 5.41) is 8.36. The van der Waals surface area contributed by atoms with Crippen LogP contribution in [0.4, 0.5) is 5.95 Å². The van der Waals surface area contributed by atoms with Gasteiger partial charge in [0.15, 0.2) is 5.65 Å². The molecule has 2 aromatic heterocycles. The number of nitrogens with one attached hydrogen (secondary N) is 1. The van der Waals surface area contributed by atoms with Crippen molar-refractivity contribution in [2.75, 3.05) is 12.8 Å². The summed E-state index contributed by atoms with van der Waals surface area (Å²) in [7, 11) is 1.64. The van der Waals surface area contributed by atoms with Gasteiger partial charge in [-0.15, -0.1) is 0 Å². The quantitative estimate of drug-likeness (QED) is 0.710. The zero-order chi connectivity index (χ0) is 13.2. The molecule has 0 aliphatic carbocycles. The van der Waals surface area contributed by atoms with Crippen LogP contribution in [0.5, 0.6) is 5.75 Å². The first-order valence-electron chi connectivity index (χ1n) is 5.55. The second-order valence-electron chi connectivity index (χ2n) is 3.80. The molecule has 0 spiro atoms. The molecule has 3 N–H and O–H groups in total. The Kier molecular flexibility index (Phi) is 2.96. The minimum absolute atomic E-state index is 0.224. The van der Waals surface area contributed by atoms with Gasteiger partial charge in [-0.1, -0.05) is 17.8 Å². The van der Waals surface area contributed by atoms with Gasteiger partial charge < -0.3 is 10.5 Å². The summed E-state index contributed by atoms with van der Waals surface area (Å²) in [6.07, 6.45) is 1.69. The van der Waals surface area contributed by atoms with E-state index in [1.54, 1.807) is 13.3 Å². The molecule has 0 aliphatic heterocycles. The third-order valence-electron chi connectivity index (χ3n) is 2.55. The molecule has 0 fully saturated rings. The number of aromatic nitrogens is 4. The molecule has 7 heteroatoms. The van der Waals surface area contributed by atoms with E-state index in [1.807, 2.05) is 24.3 Å². The number of methoxy groups -OCH3 is 1. The van der Waals surface area contributed by atoms with Crippen LogP contribution < -0.4 is 10.5 Å². The molecule has 0 aliphatic rings. The lowest BCUT2D eigenvalue weighted by molar-refractivity contribution is 0.413. The molecule has 0 atom stereocenters. The van der Waals surface area contributed by atoms with Gasteiger partial charge in [0.05, 0.1) is 18.7 Å². The number of nitrogens with zero attached hydrogens (tertiary/aromatic N) is 3. The maximum Gasteiger partial charge on any atom is 0.223 e. The maximum absolute atomic E-state index is 5.69. The highest BCUT2D eigenvalue weighted by Crippen LogP contribution is 2.32. The van der Waals surface area contributed by atoms with Crippen LogP contribution in [0.15, 0.2) is 40.4 Å². The fourth-order valence-electron chi connectivity index (χ4n) is 1.68. The molecule has 0 radical (unpaired) electrons. The Morgan fingerprint density at radius 2 is 2.21 bits per heavy atom. The predicted molar refractivity (Wildman–Crippen MR) is 73.2 cm³/mol. The highest BCUT2D eigenvalue weighted by atomic mass is 32.2. The van der Waals surface area contributed by atoms with E-state index in [4.69, 9.17) is 10.5 Å². The Hall–Kier alpha value is -2.28. The summed E-state index contributed by atoms with van der Waals surface area (Å²) in [5.74, 6) is 1.03. The minimum Gasteiger partial charge on any atom is -0.497 e. The molecule has 1 aromatic carbocycles. The molecule has 96 valence electrons. The monoisotopic (exact) mass is 273 g/mol. The van der Waals surface area contributed by atoms with Crippen molar-refractivity contribution in [1.82, 2.24) is 20.2 Å². The van der Waals surface area contributed by atoms with Gasteiger partial charge >= 0.3 is 0 Å². The van der Waals surface area contributed by atoms with Gasteiger partial charge in [-0.3, -0.25) is 5.10 Å². The molecule has 0 saturated heterocycles. The van der Waals surface area contributed by atoms with Gasteiger partial charge in [-0.25, -0.2) is 4.98 Å². The molecule has 6 nitrogen and oxygen atoms in total. The van der Waals surface area contributed by atoms with E-state index in [0.717, 1.165) is 21.1 Å². The maximum atomic E-state index is 5.69. The van der Waals surface area contributed by atoms with Gasteiger partial charge in [0, 0.05) is 4.90 Å². The topological polar surface area (TPSA) is 89.7 Å². The number of fused-ring (bicyclic) bond motifs is 1. The number of hydrogen-bond acceptors (Lipinski definition) is 6. The van der Waals surface area contributed by atoms with E-state index in [9.17, 15) is 0 Å². The van der Waals surface area contributed by atoms with Gasteiger partial charge in [0.2, 0.25) is 5.95 Å². The lowest BCUT2D eigenvalue weighted by Crippen LogP contribution is -1.96. The SMILES string of the molecule is COc1cccc(Sc2nc(N)nc3[nH]ncc23)c1. The Bertz CT molecular complexity index is 727. The zero-order valence-corrected chi connectivity index (χ0v) is 10.9. The fourth-order valence-corrected chi connectivity index (χ4v) is 2.62. The predicted octanol–water partition coefficient (Wildman–Crippen LogP) is 2.09. The first-order chi connectivity index (χ1) is 9.26. The Balaban J connectivity index is 2.02. The molecule has 3 aromatic rings. The Morgan fingerprint density at radius 3 is 3.05 bits per heavy atom. The van der Waals surface area contributed by atoms with Crippen molar-refractivity contribution in [3.63, 3.8) is 0 Å². The molecule has 2 heterocycles. The highest BCUT2D eigenvalue weighted by molar-refractivity contribution is 7.99. The van der Waals surface area contributed by atoms with E-state index in [-0.39, 0.29) is 5.95 Å². The molecular formula is C12H11N5OS. The largest absolute Gasteiger partial charge is 0.497 e. The van der Waals surface area contributed by atoms with Crippen LogP contribution in [-0.2, 0) is 0 Å². The van der Waals surface area contributed by atoms with Gasteiger partial charge in [-0.05, 0) is 18.2 Å². The first-order valence-corrected chi connectivity index (χ1v) is 6.36. The van der Waals surface area contributed by atoms with Crippen LogP contribution >= 0.6 is 11.8 Å². The Morgan fingerprint density at radius 1 is 1.32 bits per heavy atom. The number of anilines is 1. The van der Waals surface area contributed by atoms with Crippen LogP contribution in [0, 0.1) is 0 Å². The molecule has 0 saturated carbocycles. The van der Waals surface area contributed by atoms with Crippen molar-refractivity contribution in [2.45, 2.75) is 9.92 Å². The van der Waals surface area contributed by atoms with Crippen LogP contribution in [-0.4, -0.2) is 27.3 Å². The number of ether oxygens (including phenoxy) is 1. The fraction of sp³-hybridized carbons (Fsp3) is 0.0833. The van der Waals surface area contributed by atoms with Crippen LogP contribution in [0.2, 0.25) is 0 Å². The third kappa shape index (κ3) is 2.32. The second kappa shape index (κ2) is 4.77. The normalized spacial score (nSPS) is 10.8. The highest BCUT2D eigenvalue weighted by Gasteiger charge is 2.10. The van der Waals surface area contributed by atoms with Crippen LogP contribution in [0.3, 0.4) is 0 Å². The number of nitrogen functional groups attached to an aromatic ring is 1. The molecule has 0 unspecified atom stereocenters. The molecule has 0 bridgehead atoms. The molecular weight excluding hydrogens is 262 g/mol. The van der Waals surface area contributed by atoms with E-state index < -0.39 is 0 Å².